The molecule has 1 fully saturated rings. The molecule has 1 aromatic carbocycles. The van der Waals surface area contributed by atoms with Crippen molar-refractivity contribution in [2.45, 2.75) is 25.4 Å². The number of carbonyl (C=O) groups is 1. The second-order valence-corrected chi connectivity index (χ2v) is 8.51. The fourth-order valence-electron chi connectivity index (χ4n) is 2.99. The summed E-state index contributed by atoms with van der Waals surface area (Å²) in [5, 5.41) is 5.51. The molecule has 1 amide bonds. The Balaban J connectivity index is 1.85. The molecule has 0 bridgehead atoms. The number of rotatable bonds is 3. The van der Waals surface area contributed by atoms with Crippen LogP contribution in [0, 0.1) is 0 Å². The Morgan fingerprint density at radius 2 is 1.96 bits per heavy atom. The summed E-state index contributed by atoms with van der Waals surface area (Å²) in [5.41, 5.74) is -1.80. The van der Waals surface area contributed by atoms with Crippen LogP contribution < -0.4 is 16.4 Å². The number of carbonyl (C=O) groups excluding carboxylic acids is 1. The third-order valence-electron chi connectivity index (χ3n) is 4.13. The summed E-state index contributed by atoms with van der Waals surface area (Å²) in [7, 11) is -3.16. The quantitative estimate of drug-likeness (QED) is 0.764. The Morgan fingerprint density at radius 1 is 1.29 bits per heavy atom. The van der Waals surface area contributed by atoms with Crippen molar-refractivity contribution in [1.82, 2.24) is 15.1 Å². The van der Waals surface area contributed by atoms with E-state index in [0.29, 0.717) is 6.42 Å². The Kier molecular flexibility index (Phi) is 3.83. The number of benzene rings is 1. The molecular weight excluding hydrogens is 334 g/mol. The number of aromatic nitrogens is 2. The van der Waals surface area contributed by atoms with Crippen LogP contribution in [0.1, 0.15) is 13.3 Å². The molecule has 24 heavy (non-hydrogen) atoms. The van der Waals surface area contributed by atoms with Gasteiger partial charge in [0.05, 0.1) is 27.8 Å². The average molecular weight is 351 g/mol. The maximum absolute atomic E-state index is 12.4. The third kappa shape index (κ3) is 3.12. The van der Waals surface area contributed by atoms with Crippen molar-refractivity contribution < 1.29 is 13.2 Å². The van der Waals surface area contributed by atoms with Gasteiger partial charge < -0.3 is 5.32 Å². The highest BCUT2D eigenvalue weighted by molar-refractivity contribution is 7.91. The van der Waals surface area contributed by atoms with Crippen molar-refractivity contribution in [3.63, 3.8) is 0 Å². The van der Waals surface area contributed by atoms with Crippen LogP contribution in [0.4, 0.5) is 0 Å². The number of nitrogens with one attached hydrogen (secondary N) is 2. The van der Waals surface area contributed by atoms with E-state index in [4.69, 9.17) is 0 Å². The molecule has 1 atom stereocenters. The predicted molar refractivity (Wildman–Crippen MR) is 88.6 cm³/mol. The van der Waals surface area contributed by atoms with Crippen LogP contribution in [0.3, 0.4) is 0 Å². The molecule has 1 aliphatic rings. The maximum Gasteiger partial charge on any atom is 0.273 e. The molecule has 0 aliphatic carbocycles. The van der Waals surface area contributed by atoms with Crippen LogP contribution in [0.5, 0.6) is 0 Å². The Bertz CT molecular complexity index is 1040. The van der Waals surface area contributed by atoms with E-state index >= 15 is 0 Å². The topological polar surface area (TPSA) is 118 Å². The van der Waals surface area contributed by atoms with Crippen molar-refractivity contribution in [2.75, 3.05) is 11.5 Å². The summed E-state index contributed by atoms with van der Waals surface area (Å²) in [6.07, 6.45) is 0.324. The van der Waals surface area contributed by atoms with Crippen molar-refractivity contribution in [2.24, 2.45) is 0 Å². The first-order chi connectivity index (χ1) is 11.2. The van der Waals surface area contributed by atoms with Crippen LogP contribution in [-0.2, 0) is 21.2 Å². The molecule has 0 unspecified atom stereocenters. The van der Waals surface area contributed by atoms with Gasteiger partial charge in [0.2, 0.25) is 5.91 Å². The zero-order valence-corrected chi connectivity index (χ0v) is 13.9. The van der Waals surface area contributed by atoms with E-state index in [9.17, 15) is 22.8 Å². The molecule has 2 N–H and O–H groups in total. The summed E-state index contributed by atoms with van der Waals surface area (Å²) in [6, 6.07) is 6.34. The largest absolute Gasteiger partial charge is 0.348 e. The van der Waals surface area contributed by atoms with Crippen molar-refractivity contribution in [1.29, 1.82) is 0 Å². The van der Waals surface area contributed by atoms with E-state index < -0.39 is 32.4 Å². The minimum atomic E-state index is -3.16. The van der Waals surface area contributed by atoms with Crippen LogP contribution in [0.15, 0.2) is 33.9 Å². The lowest BCUT2D eigenvalue weighted by atomic mass is 10.0. The SMILES string of the molecule is C[C@]1(NC(=O)Cn2[nH]c(=O)c3ccccc3c2=O)CCS(=O)(=O)C1. The summed E-state index contributed by atoms with van der Waals surface area (Å²) in [4.78, 5) is 36.5. The van der Waals surface area contributed by atoms with Gasteiger partial charge in [0.15, 0.2) is 9.84 Å². The number of hydrogen-bond acceptors (Lipinski definition) is 5. The van der Waals surface area contributed by atoms with E-state index in [0.717, 1.165) is 4.68 Å². The Hall–Kier alpha value is -2.42. The summed E-state index contributed by atoms with van der Waals surface area (Å²) >= 11 is 0. The lowest BCUT2D eigenvalue weighted by Crippen LogP contribution is -2.49. The van der Waals surface area contributed by atoms with Crippen molar-refractivity contribution in [3.05, 3.63) is 45.0 Å². The number of aromatic amines is 1. The molecule has 2 heterocycles. The van der Waals surface area contributed by atoms with E-state index in [1.54, 1.807) is 19.1 Å². The number of H-pyrrole nitrogens is 1. The second-order valence-electron chi connectivity index (χ2n) is 6.33. The molecule has 0 spiro atoms. The average Bonchev–Trinajstić information content (AvgIpc) is 2.77. The zero-order chi connectivity index (χ0) is 17.5. The Morgan fingerprint density at radius 3 is 2.58 bits per heavy atom. The van der Waals surface area contributed by atoms with Crippen molar-refractivity contribution in [3.8, 4) is 0 Å². The van der Waals surface area contributed by atoms with Gasteiger partial charge in [-0.15, -0.1) is 0 Å². The van der Waals surface area contributed by atoms with Crippen LogP contribution in [0.2, 0.25) is 0 Å². The van der Waals surface area contributed by atoms with E-state index in [2.05, 4.69) is 10.4 Å². The Labute approximate surface area is 137 Å². The van der Waals surface area contributed by atoms with Gasteiger partial charge in [-0.2, -0.15) is 0 Å². The maximum atomic E-state index is 12.4. The summed E-state index contributed by atoms with van der Waals surface area (Å²) in [6.45, 7) is 1.27. The lowest BCUT2D eigenvalue weighted by molar-refractivity contribution is -0.123. The molecule has 1 saturated heterocycles. The van der Waals surface area contributed by atoms with Gasteiger partial charge in [-0.05, 0) is 25.5 Å². The molecule has 2 aromatic rings. The first-order valence-corrected chi connectivity index (χ1v) is 9.25. The lowest BCUT2D eigenvalue weighted by Gasteiger charge is -2.24. The van der Waals surface area contributed by atoms with E-state index in [-0.39, 0.29) is 28.8 Å². The minimum absolute atomic E-state index is 0.0243. The van der Waals surface area contributed by atoms with Crippen LogP contribution in [0.25, 0.3) is 10.8 Å². The highest BCUT2D eigenvalue weighted by Gasteiger charge is 2.39. The van der Waals surface area contributed by atoms with Gasteiger partial charge in [0.25, 0.3) is 11.1 Å². The molecular formula is C15H17N3O5S. The van der Waals surface area contributed by atoms with Crippen LogP contribution in [-0.4, -0.2) is 41.2 Å². The fourth-order valence-corrected chi connectivity index (χ4v) is 5.08. The highest BCUT2D eigenvalue weighted by Crippen LogP contribution is 2.22. The first kappa shape index (κ1) is 16.4. The number of nitrogens with zero attached hydrogens (tertiary/aromatic N) is 1. The van der Waals surface area contributed by atoms with Gasteiger partial charge in [-0.25, -0.2) is 13.1 Å². The molecule has 1 aliphatic heterocycles. The monoisotopic (exact) mass is 351 g/mol. The zero-order valence-electron chi connectivity index (χ0n) is 13.0. The smallest absolute Gasteiger partial charge is 0.273 e. The van der Waals surface area contributed by atoms with Gasteiger partial charge in [-0.3, -0.25) is 19.5 Å². The molecule has 1 aromatic heterocycles. The second kappa shape index (κ2) is 5.59. The number of sulfone groups is 1. The predicted octanol–water partition coefficient (Wildman–Crippen LogP) is -0.617. The molecule has 128 valence electrons. The number of hydrogen-bond donors (Lipinski definition) is 2. The minimum Gasteiger partial charge on any atom is -0.348 e. The van der Waals surface area contributed by atoms with Crippen LogP contribution >= 0.6 is 0 Å². The summed E-state index contributed by atoms with van der Waals surface area (Å²) < 4.78 is 24.1. The van der Waals surface area contributed by atoms with E-state index in [1.807, 2.05) is 0 Å². The van der Waals surface area contributed by atoms with Gasteiger partial charge in [-0.1, -0.05) is 12.1 Å². The fraction of sp³-hybridized carbons (Fsp3) is 0.400. The van der Waals surface area contributed by atoms with Gasteiger partial charge in [0.1, 0.15) is 6.54 Å². The van der Waals surface area contributed by atoms with Gasteiger partial charge in [0, 0.05) is 0 Å². The molecule has 0 radical (unpaired) electrons. The first-order valence-electron chi connectivity index (χ1n) is 7.42. The molecule has 0 saturated carbocycles. The number of amides is 1. The van der Waals surface area contributed by atoms with Crippen molar-refractivity contribution >= 4 is 26.5 Å². The normalized spacial score (nSPS) is 22.5. The standard InChI is InChI=1S/C15H17N3O5S/c1-15(6-7-24(22,23)9-15)16-12(19)8-18-14(21)11-5-3-2-4-10(11)13(20)17-18/h2-5H,6-9H2,1H3,(H,16,19)(H,17,20)/t15-/m0/s1. The van der Waals surface area contributed by atoms with Gasteiger partial charge >= 0.3 is 0 Å². The van der Waals surface area contributed by atoms with E-state index in [1.165, 1.54) is 12.1 Å². The molecule has 8 nitrogen and oxygen atoms in total. The summed E-state index contributed by atoms with van der Waals surface area (Å²) in [5.74, 6) is -0.631. The number of fused-ring (bicyclic) bond motifs is 1. The molecule has 9 heteroatoms. The molecule has 3 rings (SSSR count). The highest BCUT2D eigenvalue weighted by atomic mass is 32.2. The third-order valence-corrected chi connectivity index (χ3v) is 6.03.